The average Bonchev–Trinajstić information content (AvgIpc) is 2.79. The predicted octanol–water partition coefficient (Wildman–Crippen LogP) is 8.36. The number of fused-ring (bicyclic) bond motifs is 1. The third-order valence-electron chi connectivity index (χ3n) is 4.75. The van der Waals surface area contributed by atoms with Crippen LogP contribution in [-0.2, 0) is 0 Å². The summed E-state index contributed by atoms with van der Waals surface area (Å²) in [6.07, 6.45) is 8.01. The van der Waals surface area contributed by atoms with Crippen LogP contribution in [0.25, 0.3) is 22.4 Å². The van der Waals surface area contributed by atoms with Gasteiger partial charge in [-0.15, -0.1) is 0 Å². The molecule has 0 unspecified atom stereocenters. The molecular weight excluding hydrogens is 360 g/mol. The Morgan fingerprint density at radius 2 is 1.07 bits per heavy atom. The lowest BCUT2D eigenvalue weighted by atomic mass is 9.99. The van der Waals surface area contributed by atoms with Crippen molar-refractivity contribution in [3.8, 4) is 0 Å². The highest BCUT2D eigenvalue weighted by Crippen LogP contribution is 2.24. The fourth-order valence-corrected chi connectivity index (χ4v) is 3.03. The van der Waals surface area contributed by atoms with E-state index in [9.17, 15) is 0 Å². The summed E-state index contributed by atoms with van der Waals surface area (Å²) in [5.74, 6) is 0. The average molecular weight is 387 g/mol. The summed E-state index contributed by atoms with van der Waals surface area (Å²) in [6, 6.07) is 32.9. The van der Waals surface area contributed by atoms with Gasteiger partial charge in [-0.3, -0.25) is 0 Å². The van der Waals surface area contributed by atoms with E-state index in [0.29, 0.717) is 0 Å². The number of hydrogen-bond acceptors (Lipinski definition) is 0. The lowest BCUT2D eigenvalue weighted by Crippen LogP contribution is -1.83. The van der Waals surface area contributed by atoms with Crippen molar-refractivity contribution in [2.24, 2.45) is 0 Å². The highest BCUT2D eigenvalue weighted by Gasteiger charge is 2.00. The molecule has 0 spiro atoms. The molecule has 0 amide bonds. The topological polar surface area (TPSA) is 0 Å². The van der Waals surface area contributed by atoms with Crippen LogP contribution in [0.4, 0.5) is 0 Å². The fourth-order valence-electron chi connectivity index (χ4n) is 3.03. The van der Waals surface area contributed by atoms with Crippen LogP contribution in [0.1, 0.15) is 11.1 Å². The van der Waals surface area contributed by atoms with Crippen LogP contribution in [0.2, 0.25) is 0 Å². The van der Waals surface area contributed by atoms with Crippen molar-refractivity contribution >= 4 is 22.4 Å². The van der Waals surface area contributed by atoms with E-state index in [0.717, 1.165) is 38.6 Å². The fraction of sp³-hybridized carbons (Fsp3) is 0. The van der Waals surface area contributed by atoms with Gasteiger partial charge in [0.05, 0.1) is 0 Å². The number of hydrogen-bond donors (Lipinski definition) is 0. The summed E-state index contributed by atoms with van der Waals surface area (Å²) < 4.78 is 0. The van der Waals surface area contributed by atoms with Crippen LogP contribution in [0.3, 0.4) is 0 Å². The summed E-state index contributed by atoms with van der Waals surface area (Å²) in [7, 11) is 0. The molecule has 0 atom stereocenters. The number of rotatable bonds is 6. The molecule has 0 aromatic heterocycles. The lowest BCUT2D eigenvalue weighted by Gasteiger charge is -2.05. The van der Waals surface area contributed by atoms with Gasteiger partial charge in [-0.1, -0.05) is 141 Å². The second-order valence-electron chi connectivity index (χ2n) is 6.95. The first-order valence-electron chi connectivity index (χ1n) is 9.95. The molecule has 0 nitrogen and oxygen atoms in total. The standard InChI is InChI=1S/C30H26/c1-24(25(2)22-23-27-14-8-7-9-15-27)20-21-26(3)29-18-11-6-4-5-10-16-28-17-12-13-19-30(28)29/h4-23H,1-3H2. The van der Waals surface area contributed by atoms with Crippen molar-refractivity contribution in [2.45, 2.75) is 0 Å². The summed E-state index contributed by atoms with van der Waals surface area (Å²) in [5, 5.41) is 2.31. The molecule has 0 heterocycles. The third kappa shape index (κ3) is 5.80. The molecule has 146 valence electrons. The van der Waals surface area contributed by atoms with Gasteiger partial charge in [-0.05, 0) is 38.6 Å². The van der Waals surface area contributed by atoms with Crippen LogP contribution in [0, 0.1) is 0 Å². The quantitative estimate of drug-likeness (QED) is 0.373. The zero-order chi connectivity index (χ0) is 21.2. The Kier molecular flexibility index (Phi) is 7.35. The molecule has 0 saturated carbocycles. The van der Waals surface area contributed by atoms with Crippen molar-refractivity contribution in [1.29, 1.82) is 0 Å². The minimum Gasteiger partial charge on any atom is -0.0912 e. The van der Waals surface area contributed by atoms with Crippen LogP contribution >= 0.6 is 0 Å². The highest BCUT2D eigenvalue weighted by atomic mass is 14.0. The molecule has 3 aromatic carbocycles. The van der Waals surface area contributed by atoms with E-state index in [2.05, 4.69) is 74.3 Å². The Hall–Kier alpha value is -3.90. The molecule has 0 saturated heterocycles. The van der Waals surface area contributed by atoms with E-state index >= 15 is 0 Å². The first-order valence-corrected chi connectivity index (χ1v) is 9.95. The van der Waals surface area contributed by atoms with E-state index in [-0.39, 0.29) is 0 Å². The first kappa shape index (κ1) is 20.8. The number of allylic oxidation sites excluding steroid dienone is 6. The highest BCUT2D eigenvalue weighted by molar-refractivity contribution is 5.94. The van der Waals surface area contributed by atoms with Crippen molar-refractivity contribution in [3.63, 3.8) is 0 Å². The second-order valence-corrected chi connectivity index (χ2v) is 6.95. The van der Waals surface area contributed by atoms with E-state index in [1.807, 2.05) is 66.8 Å². The van der Waals surface area contributed by atoms with E-state index in [4.69, 9.17) is 0 Å². The largest absolute Gasteiger partial charge is 0.0912 e. The van der Waals surface area contributed by atoms with Crippen LogP contribution in [0.5, 0.6) is 0 Å². The van der Waals surface area contributed by atoms with Gasteiger partial charge in [-0.2, -0.15) is 0 Å². The number of benzene rings is 2. The van der Waals surface area contributed by atoms with Crippen molar-refractivity contribution in [2.75, 3.05) is 0 Å². The molecule has 0 fully saturated rings. The zero-order valence-electron chi connectivity index (χ0n) is 17.2. The monoisotopic (exact) mass is 386 g/mol. The molecule has 3 aromatic rings. The minimum atomic E-state index is 0.857. The van der Waals surface area contributed by atoms with Gasteiger partial charge < -0.3 is 0 Å². The van der Waals surface area contributed by atoms with E-state index < -0.39 is 0 Å². The molecule has 3 rings (SSSR count). The summed E-state index contributed by atoms with van der Waals surface area (Å²) in [5.41, 5.74) is 4.87. The van der Waals surface area contributed by atoms with E-state index in [1.165, 1.54) is 0 Å². The molecule has 0 aliphatic rings. The van der Waals surface area contributed by atoms with Gasteiger partial charge in [0.2, 0.25) is 0 Å². The maximum absolute atomic E-state index is 4.31. The Morgan fingerprint density at radius 1 is 0.533 bits per heavy atom. The molecule has 0 bridgehead atoms. The predicted molar refractivity (Wildman–Crippen MR) is 134 cm³/mol. The Bertz CT molecular complexity index is 1170. The Labute approximate surface area is 179 Å². The molecule has 0 radical (unpaired) electrons. The summed E-state index contributed by atoms with van der Waals surface area (Å²) in [6.45, 7) is 12.6. The molecule has 0 heteroatoms. The second kappa shape index (κ2) is 10.6. The van der Waals surface area contributed by atoms with Crippen molar-refractivity contribution in [1.82, 2.24) is 0 Å². The van der Waals surface area contributed by atoms with E-state index in [1.54, 1.807) is 0 Å². The SMILES string of the molecule is C=C(C=CC(=C)c1cccccccc2ccccc12)C(=C)C=Cc1ccccc1. The zero-order valence-corrected chi connectivity index (χ0v) is 17.2. The first-order chi connectivity index (χ1) is 14.6. The molecule has 30 heavy (non-hydrogen) atoms. The van der Waals surface area contributed by atoms with Crippen LogP contribution in [0.15, 0.2) is 146 Å². The van der Waals surface area contributed by atoms with Crippen LogP contribution in [-0.4, -0.2) is 0 Å². The summed E-state index contributed by atoms with van der Waals surface area (Å²) >= 11 is 0. The van der Waals surface area contributed by atoms with Crippen molar-refractivity contribution < 1.29 is 0 Å². The van der Waals surface area contributed by atoms with Gasteiger partial charge in [0.15, 0.2) is 0 Å². The van der Waals surface area contributed by atoms with Gasteiger partial charge in [0.25, 0.3) is 0 Å². The van der Waals surface area contributed by atoms with Gasteiger partial charge in [-0.25, -0.2) is 0 Å². The van der Waals surface area contributed by atoms with Crippen molar-refractivity contribution in [3.05, 3.63) is 157 Å². The lowest BCUT2D eigenvalue weighted by molar-refractivity contribution is 1.59. The Balaban J connectivity index is 1.85. The molecular formula is C30H26. The maximum Gasteiger partial charge on any atom is -0.0106 e. The normalized spacial score (nSPS) is 10.8. The minimum absolute atomic E-state index is 0.857. The molecule has 0 N–H and O–H groups in total. The van der Waals surface area contributed by atoms with Crippen LogP contribution < -0.4 is 0 Å². The smallest absolute Gasteiger partial charge is 0.0106 e. The molecule has 0 aliphatic heterocycles. The maximum atomic E-state index is 4.31. The molecule has 0 aliphatic carbocycles. The van der Waals surface area contributed by atoms with Gasteiger partial charge >= 0.3 is 0 Å². The third-order valence-corrected chi connectivity index (χ3v) is 4.75. The Morgan fingerprint density at radius 3 is 1.83 bits per heavy atom. The van der Waals surface area contributed by atoms with Gasteiger partial charge in [0, 0.05) is 0 Å². The summed E-state index contributed by atoms with van der Waals surface area (Å²) in [4.78, 5) is 0. The van der Waals surface area contributed by atoms with Gasteiger partial charge in [0.1, 0.15) is 0 Å².